The van der Waals surface area contributed by atoms with Crippen molar-refractivity contribution in [3.05, 3.63) is 148 Å². The average Bonchev–Trinajstić information content (AvgIpc) is 4.00. The molecule has 0 spiro atoms. The summed E-state index contributed by atoms with van der Waals surface area (Å²) >= 11 is 0. The first-order valence-electron chi connectivity index (χ1n) is 25.0. The van der Waals surface area contributed by atoms with Crippen molar-refractivity contribution in [1.82, 2.24) is 8.80 Å². The van der Waals surface area contributed by atoms with Crippen LogP contribution in [-0.4, -0.2) is 8.80 Å². The standard InChI is InChI=1S/C62H46N4/c1-64-48-29-52-60(56-40-24-33-17-34(25-40)21-38(20-33)54(48)56)58-43(36-10-6-3-7-11-36)13-15-45-47-27-49-46(28-50(47)66(52)62(45)58)44-14-12-42(35-8-4-2-5-9-35)57-59-51(65(49)61(44)57)26-41(30-63)53-37-18-31-16-32(19-37)23-39(22-31)55(53)59/h2-15,26-29,31-34,37-40H,16-25H2. The quantitative estimate of drug-likeness (QED) is 0.160. The molecule has 4 fully saturated rings. The fraction of sp³-hybridized carbons (Fsp3) is 0.290. The number of rotatable bonds is 2. The molecule has 11 aromatic rings. The molecule has 4 saturated carbocycles. The number of aromatic nitrogens is 2. The topological polar surface area (TPSA) is 37.0 Å². The molecule has 314 valence electrons. The fourth-order valence-electron chi connectivity index (χ4n) is 17.2. The van der Waals surface area contributed by atoms with Crippen molar-refractivity contribution in [2.24, 2.45) is 23.7 Å². The first-order chi connectivity index (χ1) is 32.6. The Morgan fingerprint density at radius 1 is 0.439 bits per heavy atom. The highest BCUT2D eigenvalue weighted by Gasteiger charge is 2.46. The Labute approximate surface area is 382 Å². The van der Waals surface area contributed by atoms with E-state index in [0.29, 0.717) is 23.7 Å². The monoisotopic (exact) mass is 846 g/mol. The number of nitriles is 1. The molecular formula is C62H46N4. The Bertz CT molecular complexity index is 3780. The van der Waals surface area contributed by atoms with Gasteiger partial charge in [-0.15, -0.1) is 0 Å². The Balaban J connectivity index is 1.05. The van der Waals surface area contributed by atoms with Crippen molar-refractivity contribution in [3.8, 4) is 28.3 Å². The summed E-state index contributed by atoms with van der Waals surface area (Å²) in [6.07, 6.45) is 12.7. The summed E-state index contributed by atoms with van der Waals surface area (Å²) in [4.78, 5) is 4.43. The molecule has 7 aromatic carbocycles. The van der Waals surface area contributed by atoms with Crippen LogP contribution < -0.4 is 0 Å². The molecule has 4 heterocycles. The smallest absolute Gasteiger partial charge is 0.193 e. The van der Waals surface area contributed by atoms with Gasteiger partial charge in [-0.3, -0.25) is 0 Å². The summed E-state index contributed by atoms with van der Waals surface area (Å²) in [7, 11) is 0. The van der Waals surface area contributed by atoms with Gasteiger partial charge in [0, 0.05) is 48.6 Å². The second-order valence-electron chi connectivity index (χ2n) is 22.2. The minimum absolute atomic E-state index is 0.477. The molecule has 0 saturated heterocycles. The Morgan fingerprint density at radius 2 is 0.879 bits per heavy atom. The highest BCUT2D eigenvalue weighted by molar-refractivity contribution is 6.32. The molecular weight excluding hydrogens is 801 g/mol. The zero-order valence-corrected chi connectivity index (χ0v) is 36.9. The number of hydrogen-bond acceptors (Lipinski definition) is 1. The zero-order chi connectivity index (χ0) is 42.8. The molecule has 0 amide bonds. The normalized spacial score (nSPS) is 26.2. The molecule has 8 aliphatic carbocycles. The molecule has 8 bridgehead atoms. The second kappa shape index (κ2) is 12.1. The van der Waals surface area contributed by atoms with E-state index in [9.17, 15) is 5.26 Å². The number of hydrogen-bond donors (Lipinski definition) is 0. The van der Waals surface area contributed by atoms with Crippen LogP contribution >= 0.6 is 0 Å². The molecule has 0 N–H and O–H groups in total. The Hall–Kier alpha value is -6.88. The van der Waals surface area contributed by atoms with E-state index < -0.39 is 0 Å². The zero-order valence-electron chi connectivity index (χ0n) is 36.9. The molecule has 66 heavy (non-hydrogen) atoms. The van der Waals surface area contributed by atoms with E-state index in [1.54, 1.807) is 0 Å². The van der Waals surface area contributed by atoms with E-state index in [-0.39, 0.29) is 0 Å². The van der Waals surface area contributed by atoms with Gasteiger partial charge in [-0.05, 0) is 180 Å². The summed E-state index contributed by atoms with van der Waals surface area (Å²) in [5.41, 5.74) is 20.1. The molecule has 4 aromatic heterocycles. The van der Waals surface area contributed by atoms with E-state index >= 15 is 0 Å². The number of nitrogens with zero attached hydrogens (tertiary/aromatic N) is 4. The van der Waals surface area contributed by atoms with Gasteiger partial charge >= 0.3 is 0 Å². The fourth-order valence-corrected chi connectivity index (χ4v) is 17.2. The van der Waals surface area contributed by atoms with Crippen LogP contribution in [-0.2, 0) is 0 Å². The molecule has 4 heteroatoms. The summed E-state index contributed by atoms with van der Waals surface area (Å²) in [5.74, 6) is 5.02. The van der Waals surface area contributed by atoms with E-state index in [0.717, 1.165) is 34.9 Å². The maximum absolute atomic E-state index is 11.1. The first kappa shape index (κ1) is 35.4. The van der Waals surface area contributed by atoms with Gasteiger partial charge in [0.2, 0.25) is 0 Å². The average molecular weight is 847 g/mol. The van der Waals surface area contributed by atoms with E-state index in [1.807, 2.05) is 0 Å². The van der Waals surface area contributed by atoms with Crippen molar-refractivity contribution in [1.29, 1.82) is 5.26 Å². The molecule has 0 radical (unpaired) electrons. The summed E-state index contributed by atoms with van der Waals surface area (Å²) < 4.78 is 5.18. The lowest BCUT2D eigenvalue weighted by Crippen LogP contribution is -2.25. The third kappa shape index (κ3) is 4.19. The summed E-state index contributed by atoms with van der Waals surface area (Å²) in [6, 6.07) is 44.2. The summed E-state index contributed by atoms with van der Waals surface area (Å²) in [6.45, 7) is 8.75. The van der Waals surface area contributed by atoms with Gasteiger partial charge in [-0.2, -0.15) is 5.26 Å². The second-order valence-corrected chi connectivity index (χ2v) is 22.2. The minimum atomic E-state index is 0.477. The Morgan fingerprint density at radius 3 is 1.35 bits per heavy atom. The van der Waals surface area contributed by atoms with E-state index in [4.69, 9.17) is 6.57 Å². The molecule has 4 atom stereocenters. The van der Waals surface area contributed by atoms with Crippen LogP contribution in [0.25, 0.3) is 103 Å². The van der Waals surface area contributed by atoms with Gasteiger partial charge in [0.1, 0.15) is 0 Å². The van der Waals surface area contributed by atoms with Crippen LogP contribution in [0.5, 0.6) is 0 Å². The van der Waals surface area contributed by atoms with Crippen molar-refractivity contribution < 1.29 is 0 Å². The third-order valence-electron chi connectivity index (χ3n) is 19.0. The molecule has 19 rings (SSSR count). The lowest BCUT2D eigenvalue weighted by Gasteiger charge is -2.38. The Kier molecular flexibility index (Phi) is 6.49. The number of fused-ring (bicyclic) bond motifs is 12. The van der Waals surface area contributed by atoms with Crippen molar-refractivity contribution in [2.45, 2.75) is 87.9 Å². The van der Waals surface area contributed by atoms with Gasteiger partial charge in [0.05, 0.1) is 45.8 Å². The van der Waals surface area contributed by atoms with Crippen molar-refractivity contribution >= 4 is 81.9 Å². The van der Waals surface area contributed by atoms with Crippen molar-refractivity contribution in [3.63, 3.8) is 0 Å². The molecule has 4 nitrogen and oxygen atoms in total. The van der Waals surface area contributed by atoms with Crippen LogP contribution in [0.2, 0.25) is 0 Å². The summed E-state index contributed by atoms with van der Waals surface area (Å²) in [5, 5.41) is 21.7. The molecule has 8 aliphatic rings. The van der Waals surface area contributed by atoms with Crippen molar-refractivity contribution in [2.75, 3.05) is 0 Å². The van der Waals surface area contributed by atoms with Crippen LogP contribution in [0, 0.1) is 41.6 Å². The van der Waals surface area contributed by atoms with Gasteiger partial charge in [-0.1, -0.05) is 84.9 Å². The van der Waals surface area contributed by atoms with Crippen LogP contribution in [0.1, 0.15) is 116 Å². The van der Waals surface area contributed by atoms with Gasteiger partial charge in [0.25, 0.3) is 0 Å². The van der Waals surface area contributed by atoms with Crippen LogP contribution in [0.4, 0.5) is 5.69 Å². The van der Waals surface area contributed by atoms with Gasteiger partial charge in [0.15, 0.2) is 5.69 Å². The van der Waals surface area contributed by atoms with Crippen LogP contribution in [0.15, 0.2) is 109 Å². The molecule has 4 unspecified atom stereocenters. The minimum Gasteiger partial charge on any atom is -0.309 e. The highest BCUT2D eigenvalue weighted by atomic mass is 14.9. The van der Waals surface area contributed by atoms with Gasteiger partial charge < -0.3 is 8.80 Å². The maximum atomic E-state index is 11.1. The molecule has 0 aliphatic heterocycles. The van der Waals surface area contributed by atoms with Crippen LogP contribution in [0.3, 0.4) is 0 Å². The van der Waals surface area contributed by atoms with Gasteiger partial charge in [-0.25, -0.2) is 4.85 Å². The first-order valence-corrected chi connectivity index (χ1v) is 25.0. The lowest BCUT2D eigenvalue weighted by atomic mass is 9.67. The SMILES string of the molecule is [C-]#[N+]c1cc2c(c3c1C1CC4CC(C1)CC3C4)c1c(-c3ccccc3)ccc3c4cc5c(cc4n2c31)c1ccc(-c2ccccc2)c2c3c4c(c(C#N)cc3n5c12)C1CC2CC(C1)CC4C2. The van der Waals surface area contributed by atoms with E-state index in [2.05, 4.69) is 129 Å². The largest absolute Gasteiger partial charge is 0.309 e. The lowest BCUT2D eigenvalue weighted by molar-refractivity contribution is 0.166. The third-order valence-corrected chi connectivity index (χ3v) is 19.0. The van der Waals surface area contributed by atoms with E-state index in [1.165, 1.54) is 185 Å². The predicted molar refractivity (Wildman–Crippen MR) is 269 cm³/mol. The number of benzene rings is 7. The highest BCUT2D eigenvalue weighted by Crippen LogP contribution is 2.63. The predicted octanol–water partition coefficient (Wildman–Crippen LogP) is 16.5. The maximum Gasteiger partial charge on any atom is 0.193 e.